The summed E-state index contributed by atoms with van der Waals surface area (Å²) < 4.78 is 34.8. The van der Waals surface area contributed by atoms with Crippen molar-refractivity contribution in [2.75, 3.05) is 31.1 Å². The second kappa shape index (κ2) is 11.8. The molecule has 0 amide bonds. The van der Waals surface area contributed by atoms with E-state index in [9.17, 15) is 8.42 Å². The van der Waals surface area contributed by atoms with Gasteiger partial charge in [0.2, 0.25) is 26.6 Å². The molecule has 208 valence electrons. The third-order valence-corrected chi connectivity index (χ3v) is 9.69. The molecule has 0 atom stereocenters. The minimum absolute atomic E-state index is 0.0878. The lowest BCUT2D eigenvalue weighted by atomic mass is 9.96. The summed E-state index contributed by atoms with van der Waals surface area (Å²) in [5, 5.41) is 0.372. The Bertz CT molecular complexity index is 1680. The highest BCUT2D eigenvalue weighted by atomic mass is 79.9. The third kappa shape index (κ3) is 5.83. The summed E-state index contributed by atoms with van der Waals surface area (Å²) in [6, 6.07) is 34.6. The Hall–Kier alpha value is -3.43. The summed E-state index contributed by atoms with van der Waals surface area (Å²) in [6.07, 6.45) is 0. The standard InChI is InChI=1S/C32H27BrClN3O3S/c33-26-13-11-25(12-14-26)30-35-31(41(38,39)28-17-15-27(34)16-18-28)32(40-30)37-21-19-36(20-22-37)29(23-7-3-1-4-8-23)24-9-5-2-6-10-24/h1-18,29H,19-22H2. The molecule has 1 aliphatic heterocycles. The van der Waals surface area contributed by atoms with Crippen LogP contribution < -0.4 is 4.90 Å². The van der Waals surface area contributed by atoms with Gasteiger partial charge in [-0.25, -0.2) is 8.42 Å². The first-order valence-electron chi connectivity index (χ1n) is 13.3. The number of benzene rings is 4. The Morgan fingerprint density at radius 2 is 1.32 bits per heavy atom. The van der Waals surface area contributed by atoms with Crippen LogP contribution in [0.25, 0.3) is 11.5 Å². The summed E-state index contributed by atoms with van der Waals surface area (Å²) in [5.74, 6) is 0.516. The van der Waals surface area contributed by atoms with Crippen LogP contribution >= 0.6 is 27.5 Å². The summed E-state index contributed by atoms with van der Waals surface area (Å²) in [5.41, 5.74) is 3.13. The maximum absolute atomic E-state index is 13.8. The Labute approximate surface area is 253 Å². The molecule has 2 heterocycles. The van der Waals surface area contributed by atoms with Gasteiger partial charge >= 0.3 is 0 Å². The molecule has 1 aliphatic rings. The molecule has 0 unspecified atom stereocenters. The van der Waals surface area contributed by atoms with Crippen molar-refractivity contribution in [3.05, 3.63) is 130 Å². The molecular weight excluding hydrogens is 622 g/mol. The monoisotopic (exact) mass is 647 g/mol. The van der Waals surface area contributed by atoms with Crippen molar-refractivity contribution in [1.82, 2.24) is 9.88 Å². The van der Waals surface area contributed by atoms with Gasteiger partial charge in [0.05, 0.1) is 10.9 Å². The minimum Gasteiger partial charge on any atom is -0.419 e. The maximum Gasteiger partial charge on any atom is 0.236 e. The molecule has 0 bridgehead atoms. The molecule has 0 N–H and O–H groups in total. The van der Waals surface area contributed by atoms with Gasteiger partial charge in [0.15, 0.2) is 0 Å². The predicted octanol–water partition coefficient (Wildman–Crippen LogP) is 7.50. The number of halogens is 2. The maximum atomic E-state index is 13.8. The topological polar surface area (TPSA) is 66.7 Å². The molecule has 6 rings (SSSR count). The minimum atomic E-state index is -3.97. The van der Waals surface area contributed by atoms with Crippen molar-refractivity contribution in [2.24, 2.45) is 0 Å². The highest BCUT2D eigenvalue weighted by molar-refractivity contribution is 9.10. The number of anilines is 1. The number of aromatic nitrogens is 1. The summed E-state index contributed by atoms with van der Waals surface area (Å²) in [4.78, 5) is 9.08. The molecule has 1 aromatic heterocycles. The zero-order valence-electron chi connectivity index (χ0n) is 22.0. The summed E-state index contributed by atoms with van der Waals surface area (Å²) >= 11 is 9.49. The van der Waals surface area contributed by atoms with Crippen LogP contribution in [0.3, 0.4) is 0 Å². The second-order valence-corrected chi connectivity index (χ2v) is 13.1. The van der Waals surface area contributed by atoms with E-state index in [4.69, 9.17) is 16.0 Å². The number of hydrogen-bond acceptors (Lipinski definition) is 6. The first kappa shape index (κ1) is 27.7. The van der Waals surface area contributed by atoms with E-state index < -0.39 is 9.84 Å². The SMILES string of the molecule is O=S(=O)(c1ccc(Cl)cc1)c1nc(-c2ccc(Br)cc2)oc1N1CCN(C(c2ccccc2)c2ccccc2)CC1. The van der Waals surface area contributed by atoms with Crippen molar-refractivity contribution < 1.29 is 12.8 Å². The van der Waals surface area contributed by atoms with Crippen LogP contribution in [0.15, 0.2) is 128 Å². The molecule has 1 fully saturated rings. The van der Waals surface area contributed by atoms with E-state index in [-0.39, 0.29) is 27.7 Å². The smallest absolute Gasteiger partial charge is 0.236 e. The van der Waals surface area contributed by atoms with Gasteiger partial charge in [-0.2, -0.15) is 4.98 Å². The van der Waals surface area contributed by atoms with E-state index in [0.29, 0.717) is 36.8 Å². The average Bonchev–Trinajstić information content (AvgIpc) is 3.46. The van der Waals surface area contributed by atoms with Crippen molar-refractivity contribution in [2.45, 2.75) is 16.0 Å². The fourth-order valence-electron chi connectivity index (χ4n) is 5.18. The van der Waals surface area contributed by atoms with E-state index in [0.717, 1.165) is 4.47 Å². The Kier molecular flexibility index (Phi) is 7.99. The first-order chi connectivity index (χ1) is 19.9. The quantitative estimate of drug-likeness (QED) is 0.182. The Balaban J connectivity index is 1.34. The van der Waals surface area contributed by atoms with Crippen LogP contribution in [-0.2, 0) is 9.84 Å². The van der Waals surface area contributed by atoms with Crippen molar-refractivity contribution >= 4 is 43.3 Å². The number of piperazine rings is 1. The normalized spacial score (nSPS) is 14.5. The fourth-order valence-corrected chi connectivity index (χ4v) is 6.89. The molecule has 9 heteroatoms. The third-order valence-electron chi connectivity index (χ3n) is 7.25. The molecule has 4 aromatic carbocycles. The number of rotatable bonds is 7. The molecule has 0 spiro atoms. The van der Waals surface area contributed by atoms with Crippen molar-refractivity contribution in [3.8, 4) is 11.5 Å². The van der Waals surface area contributed by atoms with Crippen molar-refractivity contribution in [1.29, 1.82) is 0 Å². The lowest BCUT2D eigenvalue weighted by molar-refractivity contribution is 0.209. The molecule has 1 saturated heterocycles. The molecule has 5 aromatic rings. The van der Waals surface area contributed by atoms with Gasteiger partial charge in [-0.05, 0) is 59.7 Å². The van der Waals surface area contributed by atoms with Crippen molar-refractivity contribution in [3.63, 3.8) is 0 Å². The molecule has 0 saturated carbocycles. The highest BCUT2D eigenvalue weighted by Gasteiger charge is 2.34. The number of sulfone groups is 1. The van der Waals surface area contributed by atoms with Crippen LogP contribution in [-0.4, -0.2) is 44.5 Å². The first-order valence-corrected chi connectivity index (χ1v) is 15.9. The molecule has 0 aliphatic carbocycles. The Morgan fingerprint density at radius 3 is 1.88 bits per heavy atom. The van der Waals surface area contributed by atoms with Gasteiger partial charge in [0.25, 0.3) is 0 Å². The molecule has 6 nitrogen and oxygen atoms in total. The van der Waals surface area contributed by atoms with E-state index in [1.165, 1.54) is 23.3 Å². The van der Waals surface area contributed by atoms with Crippen LogP contribution in [0.5, 0.6) is 0 Å². The van der Waals surface area contributed by atoms with Gasteiger partial charge in [-0.1, -0.05) is 88.2 Å². The fraction of sp³-hybridized carbons (Fsp3) is 0.156. The van der Waals surface area contributed by atoms with Crippen LogP contribution in [0.1, 0.15) is 17.2 Å². The van der Waals surface area contributed by atoms with E-state index in [2.05, 4.69) is 74.3 Å². The van der Waals surface area contributed by atoms with Gasteiger partial charge in [0.1, 0.15) is 0 Å². The van der Waals surface area contributed by atoms with Gasteiger partial charge in [0, 0.05) is 41.2 Å². The molecular formula is C32H27BrClN3O3S. The lowest BCUT2D eigenvalue weighted by Gasteiger charge is -2.39. The number of hydrogen-bond donors (Lipinski definition) is 0. The van der Waals surface area contributed by atoms with E-state index in [1.807, 2.05) is 41.3 Å². The average molecular weight is 649 g/mol. The second-order valence-electron chi connectivity index (χ2n) is 9.84. The van der Waals surface area contributed by atoms with E-state index >= 15 is 0 Å². The molecule has 0 radical (unpaired) electrons. The zero-order valence-corrected chi connectivity index (χ0v) is 25.2. The lowest BCUT2D eigenvalue weighted by Crippen LogP contribution is -2.48. The van der Waals surface area contributed by atoms with Crippen LogP contribution in [0.2, 0.25) is 5.02 Å². The summed E-state index contributed by atoms with van der Waals surface area (Å²) in [7, 11) is -3.97. The molecule has 41 heavy (non-hydrogen) atoms. The zero-order chi connectivity index (χ0) is 28.4. The van der Waals surface area contributed by atoms with Crippen LogP contribution in [0, 0.1) is 0 Å². The summed E-state index contributed by atoms with van der Waals surface area (Å²) in [6.45, 7) is 2.58. The van der Waals surface area contributed by atoms with Gasteiger partial charge in [-0.15, -0.1) is 0 Å². The van der Waals surface area contributed by atoms with Gasteiger partial charge < -0.3 is 9.32 Å². The largest absolute Gasteiger partial charge is 0.419 e. The van der Waals surface area contributed by atoms with Gasteiger partial charge in [-0.3, -0.25) is 4.90 Å². The highest BCUT2D eigenvalue weighted by Crippen LogP contribution is 2.37. The van der Waals surface area contributed by atoms with Crippen LogP contribution in [0.4, 0.5) is 5.88 Å². The number of oxazole rings is 1. The Morgan fingerprint density at radius 1 is 0.756 bits per heavy atom. The number of nitrogens with zero attached hydrogens (tertiary/aromatic N) is 3. The predicted molar refractivity (Wildman–Crippen MR) is 165 cm³/mol. The van der Waals surface area contributed by atoms with E-state index in [1.54, 1.807) is 12.1 Å².